The fraction of sp³-hybridized carbons (Fsp3) is 0.500. The Labute approximate surface area is 82.3 Å². The van der Waals surface area contributed by atoms with E-state index >= 15 is 0 Å². The average Bonchev–Trinajstić information content (AvgIpc) is 1.99. The number of rotatable bonds is 6. The highest BCUT2D eigenvalue weighted by Crippen LogP contribution is 1.93. The molecule has 0 aliphatic heterocycles. The van der Waals surface area contributed by atoms with Gasteiger partial charge >= 0.3 is 5.97 Å². The summed E-state index contributed by atoms with van der Waals surface area (Å²) in [6, 6.07) is -1.19. The van der Waals surface area contributed by atoms with Crippen molar-refractivity contribution in [1.29, 1.82) is 0 Å². The standard InChI is InChI=1S/C6H11NO4S2/c1-2-3-13(10,11)7-5(4-12)6(8)9/h2,5,7,12H,1,3-4H2,(H,8,9)/t5-/m0/s1. The van der Waals surface area contributed by atoms with Gasteiger partial charge in [-0.15, -0.1) is 6.58 Å². The first-order chi connectivity index (χ1) is 5.93. The second-order valence-corrected chi connectivity index (χ2v) is 4.43. The largest absolute Gasteiger partial charge is 0.480 e. The van der Waals surface area contributed by atoms with Gasteiger partial charge in [0.05, 0.1) is 5.75 Å². The number of hydrogen-bond acceptors (Lipinski definition) is 4. The Bertz CT molecular complexity index is 285. The summed E-state index contributed by atoms with van der Waals surface area (Å²) in [6.07, 6.45) is 1.18. The minimum atomic E-state index is -3.59. The molecule has 1 atom stereocenters. The second-order valence-electron chi connectivity index (χ2n) is 2.26. The zero-order chi connectivity index (χ0) is 10.5. The van der Waals surface area contributed by atoms with E-state index in [1.165, 1.54) is 6.08 Å². The van der Waals surface area contributed by atoms with E-state index in [1.54, 1.807) is 0 Å². The predicted octanol–water partition coefficient (Wildman–Crippen LogP) is -0.525. The molecule has 0 aliphatic carbocycles. The van der Waals surface area contributed by atoms with Crippen LogP contribution in [0.4, 0.5) is 0 Å². The normalized spacial score (nSPS) is 13.6. The lowest BCUT2D eigenvalue weighted by atomic mass is 10.4. The molecule has 0 bridgehead atoms. The van der Waals surface area contributed by atoms with Crippen LogP contribution in [0.1, 0.15) is 0 Å². The minimum absolute atomic E-state index is 0.0916. The van der Waals surface area contributed by atoms with Crippen LogP contribution in [0.2, 0.25) is 0 Å². The van der Waals surface area contributed by atoms with Crippen LogP contribution in [0.3, 0.4) is 0 Å². The summed E-state index contributed by atoms with van der Waals surface area (Å²) >= 11 is 3.70. The molecule has 0 spiro atoms. The first-order valence-electron chi connectivity index (χ1n) is 3.37. The first kappa shape index (κ1) is 12.5. The molecule has 0 saturated heterocycles. The van der Waals surface area contributed by atoms with Crippen molar-refractivity contribution in [2.75, 3.05) is 11.5 Å². The number of thiol groups is 1. The Morgan fingerprint density at radius 1 is 1.69 bits per heavy atom. The number of nitrogens with one attached hydrogen (secondary N) is 1. The summed E-state index contributed by atoms with van der Waals surface area (Å²) < 4.78 is 24.0. The third-order valence-corrected chi connectivity index (χ3v) is 2.82. The summed E-state index contributed by atoms with van der Waals surface area (Å²) in [5, 5.41) is 8.50. The number of aliphatic carboxylic acids is 1. The number of carboxylic acid groups (broad SMARTS) is 1. The maximum Gasteiger partial charge on any atom is 0.322 e. The maximum absolute atomic E-state index is 11.0. The lowest BCUT2D eigenvalue weighted by molar-refractivity contribution is -0.138. The van der Waals surface area contributed by atoms with Crippen LogP contribution in [-0.2, 0) is 14.8 Å². The Morgan fingerprint density at radius 3 is 2.54 bits per heavy atom. The SMILES string of the molecule is C=CCS(=O)(=O)N[C@@H](CS)C(=O)O. The molecule has 7 heteroatoms. The summed E-state index contributed by atoms with van der Waals surface area (Å²) in [7, 11) is -3.59. The second kappa shape index (κ2) is 5.25. The zero-order valence-corrected chi connectivity index (χ0v) is 8.51. The van der Waals surface area contributed by atoms with E-state index in [9.17, 15) is 13.2 Å². The fourth-order valence-electron chi connectivity index (χ4n) is 0.586. The molecule has 0 heterocycles. The lowest BCUT2D eigenvalue weighted by Crippen LogP contribution is -2.42. The molecule has 0 rings (SSSR count). The van der Waals surface area contributed by atoms with Gasteiger partial charge in [-0.25, -0.2) is 8.42 Å². The van der Waals surface area contributed by atoms with Crippen molar-refractivity contribution in [3.05, 3.63) is 12.7 Å². The lowest BCUT2D eigenvalue weighted by Gasteiger charge is -2.10. The molecule has 0 fully saturated rings. The van der Waals surface area contributed by atoms with Gasteiger partial charge in [0, 0.05) is 5.75 Å². The van der Waals surface area contributed by atoms with Gasteiger partial charge in [0.2, 0.25) is 10.0 Å². The third kappa shape index (κ3) is 4.91. The van der Waals surface area contributed by atoms with Gasteiger partial charge in [0.1, 0.15) is 6.04 Å². The zero-order valence-electron chi connectivity index (χ0n) is 6.80. The van der Waals surface area contributed by atoms with Crippen LogP contribution in [0.15, 0.2) is 12.7 Å². The van der Waals surface area contributed by atoms with Crippen molar-refractivity contribution >= 4 is 28.6 Å². The molecule has 0 amide bonds. The molecule has 0 aromatic carbocycles. The first-order valence-corrected chi connectivity index (χ1v) is 5.66. The van der Waals surface area contributed by atoms with E-state index in [4.69, 9.17) is 5.11 Å². The van der Waals surface area contributed by atoms with E-state index < -0.39 is 22.0 Å². The fourth-order valence-corrected chi connectivity index (χ4v) is 1.98. The number of hydrogen-bond donors (Lipinski definition) is 3. The van der Waals surface area contributed by atoms with Gasteiger partial charge in [-0.2, -0.15) is 17.4 Å². The quantitative estimate of drug-likeness (QED) is 0.419. The molecule has 76 valence electrons. The Hall–Kier alpha value is -0.530. The molecule has 0 aliphatic rings. The molecule has 13 heavy (non-hydrogen) atoms. The highest BCUT2D eigenvalue weighted by atomic mass is 32.2. The van der Waals surface area contributed by atoms with E-state index in [0.29, 0.717) is 0 Å². The number of carbonyl (C=O) groups is 1. The summed E-state index contributed by atoms with van der Waals surface area (Å²) in [4.78, 5) is 10.4. The van der Waals surface area contributed by atoms with E-state index in [1.807, 2.05) is 4.72 Å². The van der Waals surface area contributed by atoms with Gasteiger partial charge in [-0.05, 0) is 0 Å². The van der Waals surface area contributed by atoms with Crippen molar-refractivity contribution < 1.29 is 18.3 Å². The van der Waals surface area contributed by atoms with E-state index in [2.05, 4.69) is 19.2 Å². The van der Waals surface area contributed by atoms with Crippen molar-refractivity contribution in [2.45, 2.75) is 6.04 Å². The van der Waals surface area contributed by atoms with Gasteiger partial charge in [0.25, 0.3) is 0 Å². The van der Waals surface area contributed by atoms with E-state index in [-0.39, 0.29) is 11.5 Å². The van der Waals surface area contributed by atoms with Crippen LogP contribution < -0.4 is 4.72 Å². The van der Waals surface area contributed by atoms with Gasteiger partial charge in [-0.1, -0.05) is 6.08 Å². The molecule has 0 aromatic heterocycles. The highest BCUT2D eigenvalue weighted by molar-refractivity contribution is 7.89. The minimum Gasteiger partial charge on any atom is -0.480 e. The summed E-state index contributed by atoms with van der Waals surface area (Å²) in [5.41, 5.74) is 0. The van der Waals surface area contributed by atoms with E-state index in [0.717, 1.165) is 0 Å². The molecule has 2 N–H and O–H groups in total. The number of sulfonamides is 1. The topological polar surface area (TPSA) is 83.5 Å². The predicted molar refractivity (Wildman–Crippen MR) is 52.4 cm³/mol. The van der Waals surface area contributed by atoms with Crippen LogP contribution in [-0.4, -0.2) is 37.0 Å². The van der Waals surface area contributed by atoms with Crippen LogP contribution >= 0.6 is 12.6 Å². The molecule has 5 nitrogen and oxygen atoms in total. The number of carboxylic acids is 1. The Balaban J connectivity index is 4.40. The summed E-state index contributed by atoms with van der Waals surface area (Å²) in [5.74, 6) is -1.64. The molecule has 0 saturated carbocycles. The molecule has 0 radical (unpaired) electrons. The van der Waals surface area contributed by atoms with Crippen molar-refractivity contribution in [1.82, 2.24) is 4.72 Å². The Morgan fingerprint density at radius 2 is 2.23 bits per heavy atom. The van der Waals surface area contributed by atoms with Gasteiger partial charge in [0.15, 0.2) is 0 Å². The van der Waals surface area contributed by atoms with Crippen LogP contribution in [0.25, 0.3) is 0 Å². The van der Waals surface area contributed by atoms with Gasteiger partial charge in [-0.3, -0.25) is 4.79 Å². The molecular weight excluding hydrogens is 214 g/mol. The monoisotopic (exact) mass is 225 g/mol. The Kier molecular flexibility index (Phi) is 5.04. The smallest absolute Gasteiger partial charge is 0.322 e. The van der Waals surface area contributed by atoms with Crippen LogP contribution in [0.5, 0.6) is 0 Å². The average molecular weight is 225 g/mol. The van der Waals surface area contributed by atoms with Crippen molar-refractivity contribution in [3.8, 4) is 0 Å². The van der Waals surface area contributed by atoms with Crippen molar-refractivity contribution in [3.63, 3.8) is 0 Å². The molecular formula is C6H11NO4S2. The molecule has 0 unspecified atom stereocenters. The molecule has 0 aromatic rings. The maximum atomic E-state index is 11.0. The highest BCUT2D eigenvalue weighted by Gasteiger charge is 2.21. The van der Waals surface area contributed by atoms with Crippen molar-refractivity contribution in [2.24, 2.45) is 0 Å². The van der Waals surface area contributed by atoms with Crippen LogP contribution in [0, 0.1) is 0 Å². The van der Waals surface area contributed by atoms with Gasteiger partial charge < -0.3 is 5.11 Å². The third-order valence-electron chi connectivity index (χ3n) is 1.14. The summed E-state index contributed by atoms with van der Waals surface area (Å²) in [6.45, 7) is 3.24.